The van der Waals surface area contributed by atoms with E-state index in [2.05, 4.69) is 65.9 Å². The first-order chi connectivity index (χ1) is 8.40. The van der Waals surface area contributed by atoms with Gasteiger partial charge in [-0.25, -0.2) is 0 Å². The van der Waals surface area contributed by atoms with Crippen LogP contribution in [0.15, 0.2) is 67.4 Å². The molecule has 0 N–H and O–H groups in total. The molecule has 3 rings (SSSR count). The minimum atomic E-state index is 0.843. The number of nitrogens with zero attached hydrogens (tertiary/aromatic N) is 1. The Balaban J connectivity index is 2.43. The standard InChI is InChI=1S/C16H14N/c1-2-11-17-12-5-8-15-14-7-4-3-6-13(14)9-10-16(15)17/h2-10,12H,1,11H2/q+1. The maximum Gasteiger partial charge on any atom is 0.213 e. The van der Waals surface area contributed by atoms with Crippen molar-refractivity contribution in [3.8, 4) is 0 Å². The summed E-state index contributed by atoms with van der Waals surface area (Å²) in [5, 5.41) is 3.90. The van der Waals surface area contributed by atoms with Crippen molar-refractivity contribution in [2.45, 2.75) is 6.54 Å². The van der Waals surface area contributed by atoms with Gasteiger partial charge in [0.1, 0.15) is 0 Å². The van der Waals surface area contributed by atoms with E-state index in [1.165, 1.54) is 21.7 Å². The third-order valence-corrected chi connectivity index (χ3v) is 3.11. The van der Waals surface area contributed by atoms with Crippen LogP contribution in [0.4, 0.5) is 0 Å². The van der Waals surface area contributed by atoms with E-state index in [9.17, 15) is 0 Å². The zero-order valence-electron chi connectivity index (χ0n) is 9.63. The Kier molecular flexibility index (Phi) is 2.37. The summed E-state index contributed by atoms with van der Waals surface area (Å²) in [4.78, 5) is 0. The van der Waals surface area contributed by atoms with Crippen LogP contribution in [0.2, 0.25) is 0 Å². The summed E-state index contributed by atoms with van der Waals surface area (Å²) >= 11 is 0. The summed E-state index contributed by atoms with van der Waals surface area (Å²) in [5.41, 5.74) is 1.26. The molecule has 0 aliphatic heterocycles. The van der Waals surface area contributed by atoms with Crippen LogP contribution in [-0.4, -0.2) is 0 Å². The largest absolute Gasteiger partial charge is 0.213 e. The van der Waals surface area contributed by atoms with Crippen molar-refractivity contribution in [1.82, 2.24) is 0 Å². The van der Waals surface area contributed by atoms with Gasteiger partial charge in [0.15, 0.2) is 12.7 Å². The van der Waals surface area contributed by atoms with Crippen LogP contribution in [0.3, 0.4) is 0 Å². The van der Waals surface area contributed by atoms with Gasteiger partial charge in [-0.3, -0.25) is 0 Å². The van der Waals surface area contributed by atoms with Crippen molar-refractivity contribution in [3.05, 3.63) is 67.4 Å². The molecular formula is C16H14N+. The zero-order chi connectivity index (χ0) is 11.7. The Morgan fingerprint density at radius 3 is 2.65 bits per heavy atom. The first kappa shape index (κ1) is 10.0. The van der Waals surface area contributed by atoms with Gasteiger partial charge in [-0.15, -0.1) is 0 Å². The van der Waals surface area contributed by atoms with Crippen molar-refractivity contribution >= 4 is 21.7 Å². The summed E-state index contributed by atoms with van der Waals surface area (Å²) in [5.74, 6) is 0. The zero-order valence-corrected chi connectivity index (χ0v) is 9.63. The number of hydrogen-bond acceptors (Lipinski definition) is 0. The number of benzene rings is 2. The molecule has 1 heterocycles. The molecule has 1 heteroatoms. The Morgan fingerprint density at radius 1 is 0.941 bits per heavy atom. The van der Waals surface area contributed by atoms with Crippen LogP contribution >= 0.6 is 0 Å². The first-order valence-electron chi connectivity index (χ1n) is 5.81. The van der Waals surface area contributed by atoms with Crippen LogP contribution < -0.4 is 4.57 Å². The number of pyridine rings is 1. The van der Waals surface area contributed by atoms with Crippen molar-refractivity contribution in [3.63, 3.8) is 0 Å². The van der Waals surface area contributed by atoms with Crippen LogP contribution in [0.25, 0.3) is 21.7 Å². The molecule has 1 aromatic heterocycles. The molecule has 82 valence electrons. The lowest BCUT2D eigenvalue weighted by atomic mass is 10.1. The minimum absolute atomic E-state index is 0.843. The lowest BCUT2D eigenvalue weighted by Crippen LogP contribution is -2.32. The van der Waals surface area contributed by atoms with Gasteiger partial charge in [-0.2, -0.15) is 4.57 Å². The fourth-order valence-electron chi connectivity index (χ4n) is 2.33. The van der Waals surface area contributed by atoms with Gasteiger partial charge in [-0.1, -0.05) is 30.8 Å². The van der Waals surface area contributed by atoms with E-state index in [0.29, 0.717) is 0 Å². The number of fused-ring (bicyclic) bond motifs is 3. The van der Waals surface area contributed by atoms with Gasteiger partial charge in [0.25, 0.3) is 0 Å². The second kappa shape index (κ2) is 4.02. The monoisotopic (exact) mass is 220 g/mol. The van der Waals surface area contributed by atoms with Gasteiger partial charge in [-0.05, 0) is 29.0 Å². The second-order valence-corrected chi connectivity index (χ2v) is 4.17. The summed E-state index contributed by atoms with van der Waals surface area (Å²) in [6.07, 6.45) is 4.02. The van der Waals surface area contributed by atoms with Crippen LogP contribution in [-0.2, 0) is 6.54 Å². The summed E-state index contributed by atoms with van der Waals surface area (Å²) < 4.78 is 2.22. The number of rotatable bonds is 2. The molecule has 0 saturated carbocycles. The van der Waals surface area contributed by atoms with Crippen LogP contribution in [0.5, 0.6) is 0 Å². The lowest BCUT2D eigenvalue weighted by molar-refractivity contribution is -0.660. The van der Waals surface area contributed by atoms with Gasteiger partial charge in [0.05, 0.1) is 5.39 Å². The third kappa shape index (κ3) is 1.60. The number of allylic oxidation sites excluding steroid dienone is 1. The fraction of sp³-hybridized carbons (Fsp3) is 0.0625. The van der Waals surface area contributed by atoms with E-state index in [1.54, 1.807) is 0 Å². The average Bonchev–Trinajstić information content (AvgIpc) is 2.39. The fourth-order valence-corrected chi connectivity index (χ4v) is 2.33. The van der Waals surface area contributed by atoms with Gasteiger partial charge in [0, 0.05) is 12.1 Å². The molecule has 1 nitrogen and oxygen atoms in total. The number of aromatic nitrogens is 1. The highest BCUT2D eigenvalue weighted by Crippen LogP contribution is 2.22. The molecule has 0 fully saturated rings. The smallest absolute Gasteiger partial charge is 0.195 e. The Morgan fingerprint density at radius 2 is 1.76 bits per heavy atom. The van der Waals surface area contributed by atoms with Gasteiger partial charge >= 0.3 is 0 Å². The molecular weight excluding hydrogens is 206 g/mol. The summed E-state index contributed by atoms with van der Waals surface area (Å²) in [6.45, 7) is 4.65. The number of hydrogen-bond donors (Lipinski definition) is 0. The normalized spacial score (nSPS) is 10.8. The van der Waals surface area contributed by atoms with Crippen molar-refractivity contribution in [1.29, 1.82) is 0 Å². The third-order valence-electron chi connectivity index (χ3n) is 3.11. The Bertz CT molecular complexity index is 698. The molecule has 0 atom stereocenters. The van der Waals surface area contributed by atoms with Gasteiger partial charge in [0.2, 0.25) is 5.52 Å². The van der Waals surface area contributed by atoms with Crippen molar-refractivity contribution in [2.75, 3.05) is 0 Å². The molecule has 0 unspecified atom stereocenters. The molecule has 0 aliphatic rings. The predicted molar refractivity (Wildman–Crippen MR) is 71.8 cm³/mol. The van der Waals surface area contributed by atoms with E-state index in [0.717, 1.165) is 6.54 Å². The molecule has 0 saturated heterocycles. The second-order valence-electron chi connectivity index (χ2n) is 4.17. The average molecular weight is 220 g/mol. The Labute approximate surface area is 101 Å². The molecule has 0 aliphatic carbocycles. The SMILES string of the molecule is C=CC[n+]1cccc2c3ccccc3ccc21. The van der Waals surface area contributed by atoms with Crippen LogP contribution in [0, 0.1) is 0 Å². The maximum absolute atomic E-state index is 3.80. The highest BCUT2D eigenvalue weighted by atomic mass is 14.9. The first-order valence-corrected chi connectivity index (χ1v) is 5.81. The highest BCUT2D eigenvalue weighted by molar-refractivity contribution is 6.04. The van der Waals surface area contributed by atoms with Crippen molar-refractivity contribution < 1.29 is 4.57 Å². The maximum atomic E-state index is 3.80. The summed E-state index contributed by atoms with van der Waals surface area (Å²) in [7, 11) is 0. The molecule has 3 aromatic rings. The molecule has 0 amide bonds. The predicted octanol–water partition coefficient (Wildman–Crippen LogP) is 3.47. The van der Waals surface area contributed by atoms with E-state index >= 15 is 0 Å². The molecule has 0 bridgehead atoms. The van der Waals surface area contributed by atoms with Crippen LogP contribution in [0.1, 0.15) is 0 Å². The molecule has 2 aromatic carbocycles. The highest BCUT2D eigenvalue weighted by Gasteiger charge is 2.08. The quantitative estimate of drug-likeness (QED) is 0.354. The summed E-state index contributed by atoms with van der Waals surface area (Å²) in [6, 6.07) is 17.1. The van der Waals surface area contributed by atoms with E-state index in [4.69, 9.17) is 0 Å². The Hall–Kier alpha value is -2.15. The molecule has 0 spiro atoms. The lowest BCUT2D eigenvalue weighted by Gasteiger charge is -2.03. The topological polar surface area (TPSA) is 3.88 Å². The van der Waals surface area contributed by atoms with Crippen molar-refractivity contribution in [2.24, 2.45) is 0 Å². The van der Waals surface area contributed by atoms with E-state index in [1.807, 2.05) is 6.08 Å². The minimum Gasteiger partial charge on any atom is -0.195 e. The van der Waals surface area contributed by atoms with E-state index < -0.39 is 0 Å². The van der Waals surface area contributed by atoms with E-state index in [-0.39, 0.29) is 0 Å². The molecule has 0 radical (unpaired) electrons. The van der Waals surface area contributed by atoms with Gasteiger partial charge < -0.3 is 0 Å². The molecule has 17 heavy (non-hydrogen) atoms.